The fraction of sp³-hybridized carbons (Fsp3) is 0.308. The van der Waals surface area contributed by atoms with Crippen molar-refractivity contribution in [3.8, 4) is 0 Å². The van der Waals surface area contributed by atoms with E-state index in [1.165, 1.54) is 10.2 Å². The number of nitrogens with two attached hydrogens (primary N) is 1. The Morgan fingerprint density at radius 1 is 1.09 bits per heavy atom. The number of hydrogen-bond acceptors (Lipinski definition) is 5. The average molecular weight is 441 g/mol. The van der Waals surface area contributed by atoms with Gasteiger partial charge in [0.15, 0.2) is 5.65 Å². The van der Waals surface area contributed by atoms with Crippen molar-refractivity contribution in [2.75, 3.05) is 5.73 Å². The van der Waals surface area contributed by atoms with Crippen LogP contribution in [0.15, 0.2) is 53.6 Å². The number of rotatable bonds is 5. The minimum absolute atomic E-state index is 0.173. The number of nitrogens with zero attached hydrogens (tertiary/aromatic N) is 4. The lowest BCUT2D eigenvalue weighted by atomic mass is 10.0. The van der Waals surface area contributed by atoms with Crippen molar-refractivity contribution in [1.82, 2.24) is 20.0 Å². The molecule has 0 radical (unpaired) electrons. The van der Waals surface area contributed by atoms with Crippen LogP contribution in [0, 0.1) is 0 Å². The van der Waals surface area contributed by atoms with Crippen molar-refractivity contribution < 1.29 is 4.79 Å². The Bertz CT molecular complexity index is 1350. The van der Waals surface area contributed by atoms with Gasteiger partial charge in [-0.2, -0.15) is 9.78 Å². The largest absolute Gasteiger partial charge is 0.383 e. The van der Waals surface area contributed by atoms with Crippen molar-refractivity contribution in [1.29, 1.82) is 0 Å². The molecule has 0 spiro atoms. The number of benzene rings is 2. The van der Waals surface area contributed by atoms with Crippen molar-refractivity contribution in [2.24, 2.45) is 5.10 Å². The minimum Gasteiger partial charge on any atom is -0.383 e. The van der Waals surface area contributed by atoms with Crippen LogP contribution in [0.25, 0.3) is 22.2 Å². The van der Waals surface area contributed by atoms with Crippen LogP contribution in [-0.4, -0.2) is 32.8 Å². The van der Waals surface area contributed by atoms with Gasteiger partial charge in [0.25, 0.3) is 5.91 Å². The molecule has 1 saturated carbocycles. The third-order valence-corrected chi connectivity index (χ3v) is 6.32. The number of para-hydroxylation sites is 2. The molecule has 7 nitrogen and oxygen atoms in total. The highest BCUT2D eigenvalue weighted by Gasteiger charge is 2.26. The second-order valence-electron chi connectivity index (χ2n) is 8.98. The zero-order chi connectivity index (χ0) is 22.9. The molecule has 1 aliphatic rings. The van der Waals surface area contributed by atoms with Crippen LogP contribution in [0.2, 0.25) is 0 Å². The van der Waals surface area contributed by atoms with Crippen LogP contribution in [0.3, 0.4) is 0 Å². The summed E-state index contributed by atoms with van der Waals surface area (Å²) in [7, 11) is 0. The third kappa shape index (κ3) is 4.06. The molecule has 0 saturated heterocycles. The summed E-state index contributed by atoms with van der Waals surface area (Å²) in [6.07, 6.45) is 5.97. The van der Waals surface area contributed by atoms with Gasteiger partial charge in [0.1, 0.15) is 16.9 Å². The zero-order valence-corrected chi connectivity index (χ0v) is 19.0. The second-order valence-corrected chi connectivity index (χ2v) is 8.98. The first-order valence-corrected chi connectivity index (χ1v) is 11.5. The van der Waals surface area contributed by atoms with Crippen molar-refractivity contribution in [3.63, 3.8) is 0 Å². The highest BCUT2D eigenvalue weighted by atomic mass is 16.1. The molecule has 3 N–H and O–H groups in total. The molecule has 1 aliphatic carbocycles. The fourth-order valence-corrected chi connectivity index (χ4v) is 4.41. The van der Waals surface area contributed by atoms with Crippen LogP contribution in [-0.2, 0) is 0 Å². The van der Waals surface area contributed by atoms with Gasteiger partial charge in [0.05, 0.1) is 17.2 Å². The average Bonchev–Trinajstić information content (AvgIpc) is 3.41. The molecule has 168 valence electrons. The van der Waals surface area contributed by atoms with Crippen LogP contribution >= 0.6 is 0 Å². The van der Waals surface area contributed by atoms with E-state index >= 15 is 0 Å². The highest BCUT2D eigenvalue weighted by Crippen LogP contribution is 2.29. The van der Waals surface area contributed by atoms with Gasteiger partial charge in [0, 0.05) is 6.04 Å². The highest BCUT2D eigenvalue weighted by molar-refractivity contribution is 6.10. The van der Waals surface area contributed by atoms with Gasteiger partial charge >= 0.3 is 0 Å². The summed E-state index contributed by atoms with van der Waals surface area (Å²) in [5, 5.41) is 7.73. The Labute approximate surface area is 192 Å². The number of anilines is 1. The van der Waals surface area contributed by atoms with Crippen LogP contribution < -0.4 is 11.1 Å². The zero-order valence-electron chi connectivity index (χ0n) is 19.0. The monoisotopic (exact) mass is 440 g/mol. The van der Waals surface area contributed by atoms with E-state index in [4.69, 9.17) is 15.7 Å². The Hall–Kier alpha value is -3.74. The molecule has 7 heteroatoms. The molecular weight excluding hydrogens is 412 g/mol. The molecule has 2 aromatic heterocycles. The maximum absolute atomic E-state index is 13.2. The standard InChI is InChI=1S/C26H28N6O/c1-16(2)18-13-11-17(12-14-18)15-28-32-24(27)22(26(33)29-19-7-3-4-8-19)23-25(32)31-21-10-6-5-9-20(21)30-23/h5-6,9-16,19H,3-4,7-8,27H2,1-2H3,(H,29,33)/b28-15+. The van der Waals surface area contributed by atoms with E-state index in [1.807, 2.05) is 36.4 Å². The molecule has 2 aromatic carbocycles. The molecule has 0 atom stereocenters. The van der Waals surface area contributed by atoms with E-state index < -0.39 is 0 Å². The molecule has 5 rings (SSSR count). The number of aromatic nitrogens is 3. The quantitative estimate of drug-likeness (QED) is 0.434. The first-order valence-electron chi connectivity index (χ1n) is 11.5. The predicted molar refractivity (Wildman–Crippen MR) is 133 cm³/mol. The number of carbonyl (C=O) groups is 1. The number of nitrogen functional groups attached to an aromatic ring is 1. The lowest BCUT2D eigenvalue weighted by Gasteiger charge is -2.11. The van der Waals surface area contributed by atoms with E-state index in [9.17, 15) is 4.79 Å². The van der Waals surface area contributed by atoms with Crippen LogP contribution in [0.4, 0.5) is 5.82 Å². The molecule has 1 amide bonds. The minimum atomic E-state index is -0.218. The maximum Gasteiger partial charge on any atom is 0.257 e. The summed E-state index contributed by atoms with van der Waals surface area (Å²) in [4.78, 5) is 22.7. The maximum atomic E-state index is 13.2. The lowest BCUT2D eigenvalue weighted by molar-refractivity contribution is 0.0940. The summed E-state index contributed by atoms with van der Waals surface area (Å²) >= 11 is 0. The molecule has 0 unspecified atom stereocenters. The van der Waals surface area contributed by atoms with Crippen molar-refractivity contribution in [2.45, 2.75) is 51.5 Å². The van der Waals surface area contributed by atoms with Crippen molar-refractivity contribution >= 4 is 40.1 Å². The third-order valence-electron chi connectivity index (χ3n) is 6.32. The first-order chi connectivity index (χ1) is 16.0. The van der Waals surface area contributed by atoms with Gasteiger partial charge in [0.2, 0.25) is 0 Å². The lowest BCUT2D eigenvalue weighted by Crippen LogP contribution is -2.33. The number of carbonyl (C=O) groups excluding carboxylic acids is 1. The van der Waals surface area contributed by atoms with Crippen molar-refractivity contribution in [3.05, 3.63) is 65.2 Å². The van der Waals surface area contributed by atoms with Crippen LogP contribution in [0.5, 0.6) is 0 Å². The fourth-order valence-electron chi connectivity index (χ4n) is 4.41. The Kier molecular flexibility index (Phi) is 5.54. The van der Waals surface area contributed by atoms with E-state index in [0.717, 1.165) is 36.8 Å². The van der Waals surface area contributed by atoms with Gasteiger partial charge in [-0.15, -0.1) is 0 Å². The van der Waals surface area contributed by atoms with E-state index in [-0.39, 0.29) is 17.8 Å². The van der Waals surface area contributed by atoms with E-state index in [2.05, 4.69) is 36.4 Å². The van der Waals surface area contributed by atoms with E-state index in [1.54, 1.807) is 6.21 Å². The van der Waals surface area contributed by atoms with Gasteiger partial charge in [-0.05, 0) is 42.0 Å². The van der Waals surface area contributed by atoms with Gasteiger partial charge < -0.3 is 11.1 Å². The number of fused-ring (bicyclic) bond motifs is 2. The summed E-state index contributed by atoms with van der Waals surface area (Å²) in [5.74, 6) is 0.486. The molecular formula is C26H28N6O. The van der Waals surface area contributed by atoms with Gasteiger partial charge in [-0.3, -0.25) is 4.79 Å². The van der Waals surface area contributed by atoms with Gasteiger partial charge in [-0.1, -0.05) is 63.1 Å². The number of hydrogen-bond donors (Lipinski definition) is 2. The Balaban J connectivity index is 1.60. The Morgan fingerprint density at radius 3 is 2.42 bits per heavy atom. The Morgan fingerprint density at radius 2 is 1.76 bits per heavy atom. The number of nitrogens with one attached hydrogen (secondary N) is 1. The first kappa shape index (κ1) is 21.1. The summed E-state index contributed by atoms with van der Waals surface area (Å²) in [6, 6.07) is 16.0. The SMILES string of the molecule is CC(C)c1ccc(/C=N/n2c(N)c(C(=O)NC3CCCC3)c3nc4ccccc4nc32)cc1. The molecule has 0 bridgehead atoms. The molecule has 4 aromatic rings. The summed E-state index contributed by atoms with van der Waals surface area (Å²) < 4.78 is 1.52. The molecule has 33 heavy (non-hydrogen) atoms. The van der Waals surface area contributed by atoms with Crippen LogP contribution in [0.1, 0.15) is 66.9 Å². The van der Waals surface area contributed by atoms with E-state index in [0.29, 0.717) is 28.2 Å². The molecule has 2 heterocycles. The molecule has 1 fully saturated rings. The normalized spacial score (nSPS) is 14.8. The second kappa shape index (κ2) is 8.65. The topological polar surface area (TPSA) is 98.2 Å². The predicted octanol–water partition coefficient (Wildman–Crippen LogP) is 4.84. The van der Waals surface area contributed by atoms with Gasteiger partial charge in [-0.25, -0.2) is 9.97 Å². The summed E-state index contributed by atoms with van der Waals surface area (Å²) in [6.45, 7) is 4.33. The number of amides is 1. The smallest absolute Gasteiger partial charge is 0.257 e. The molecule has 0 aliphatic heterocycles. The summed E-state index contributed by atoms with van der Waals surface area (Å²) in [5.41, 5.74) is 11.4.